The molecule has 1 saturated carbocycles. The molecule has 0 radical (unpaired) electrons. The zero-order chi connectivity index (χ0) is 9.97. The van der Waals surface area contributed by atoms with Gasteiger partial charge in [0.1, 0.15) is 5.01 Å². The highest BCUT2D eigenvalue weighted by Crippen LogP contribution is 2.34. The molecule has 4 heteroatoms. The predicted molar refractivity (Wildman–Crippen MR) is 57.3 cm³/mol. The van der Waals surface area contributed by atoms with Crippen molar-refractivity contribution in [2.24, 2.45) is 0 Å². The lowest BCUT2D eigenvalue weighted by atomic mass is 10.3. The standard InChI is InChI=1S/C10H16N2OS/c1-8(10-11-4-7-14-10)12(5-6-13)9-2-3-9/h4,7-9,13H,2-3,5-6H2,1H3/t8-/m1/s1. The van der Waals surface area contributed by atoms with Crippen molar-refractivity contribution in [2.75, 3.05) is 13.2 Å². The van der Waals surface area contributed by atoms with Crippen molar-refractivity contribution in [1.29, 1.82) is 0 Å². The maximum atomic E-state index is 9.00. The molecule has 78 valence electrons. The Hall–Kier alpha value is -0.450. The van der Waals surface area contributed by atoms with Crippen LogP contribution in [-0.2, 0) is 0 Å². The minimum atomic E-state index is 0.242. The van der Waals surface area contributed by atoms with E-state index in [4.69, 9.17) is 5.11 Å². The van der Waals surface area contributed by atoms with Crippen LogP contribution in [-0.4, -0.2) is 34.2 Å². The van der Waals surface area contributed by atoms with Gasteiger partial charge >= 0.3 is 0 Å². The van der Waals surface area contributed by atoms with Gasteiger partial charge in [-0.2, -0.15) is 0 Å². The molecule has 1 aliphatic rings. The zero-order valence-electron chi connectivity index (χ0n) is 8.39. The molecule has 0 aromatic carbocycles. The topological polar surface area (TPSA) is 36.4 Å². The van der Waals surface area contributed by atoms with Gasteiger partial charge < -0.3 is 5.11 Å². The molecular weight excluding hydrogens is 196 g/mol. The molecule has 0 aliphatic heterocycles. The smallest absolute Gasteiger partial charge is 0.109 e. The summed E-state index contributed by atoms with van der Waals surface area (Å²) in [4.78, 5) is 6.68. The van der Waals surface area contributed by atoms with Crippen molar-refractivity contribution >= 4 is 11.3 Å². The molecule has 1 atom stereocenters. The van der Waals surface area contributed by atoms with Crippen LogP contribution >= 0.6 is 11.3 Å². The summed E-state index contributed by atoms with van der Waals surface area (Å²) in [5.41, 5.74) is 0. The van der Waals surface area contributed by atoms with E-state index in [0.717, 1.165) is 11.6 Å². The number of hydrogen-bond donors (Lipinski definition) is 1. The Balaban J connectivity index is 2.02. The van der Waals surface area contributed by atoms with Crippen LogP contribution in [0.3, 0.4) is 0 Å². The van der Waals surface area contributed by atoms with Gasteiger partial charge in [0.05, 0.1) is 12.6 Å². The van der Waals surface area contributed by atoms with Crippen molar-refractivity contribution in [3.05, 3.63) is 16.6 Å². The van der Waals surface area contributed by atoms with Gasteiger partial charge in [-0.1, -0.05) is 0 Å². The number of thiazole rings is 1. The second kappa shape index (κ2) is 4.38. The molecule has 1 aromatic rings. The number of aliphatic hydroxyl groups excluding tert-OH is 1. The third kappa shape index (κ3) is 2.13. The summed E-state index contributed by atoms with van der Waals surface area (Å²) in [7, 11) is 0. The van der Waals surface area contributed by atoms with Crippen LogP contribution in [0.25, 0.3) is 0 Å². The lowest BCUT2D eigenvalue weighted by Crippen LogP contribution is -2.31. The Morgan fingerprint density at radius 2 is 2.50 bits per heavy atom. The first kappa shape index (κ1) is 10.1. The fraction of sp³-hybridized carbons (Fsp3) is 0.700. The highest BCUT2D eigenvalue weighted by molar-refractivity contribution is 7.09. The van der Waals surface area contributed by atoms with Crippen molar-refractivity contribution < 1.29 is 5.11 Å². The van der Waals surface area contributed by atoms with Gasteiger partial charge in [-0.15, -0.1) is 11.3 Å². The first-order valence-electron chi connectivity index (χ1n) is 5.09. The fourth-order valence-corrected chi connectivity index (χ4v) is 2.51. The largest absolute Gasteiger partial charge is 0.395 e. The van der Waals surface area contributed by atoms with Crippen molar-refractivity contribution in [3.8, 4) is 0 Å². The highest BCUT2D eigenvalue weighted by atomic mass is 32.1. The molecule has 0 amide bonds. The third-order valence-electron chi connectivity index (χ3n) is 2.68. The molecule has 2 rings (SSSR count). The van der Waals surface area contributed by atoms with Crippen LogP contribution in [0, 0.1) is 0 Å². The molecule has 0 saturated heterocycles. The normalized spacial score (nSPS) is 18.8. The van der Waals surface area contributed by atoms with E-state index in [1.165, 1.54) is 12.8 Å². The second-order valence-corrected chi connectivity index (χ2v) is 4.67. The van der Waals surface area contributed by atoms with Crippen LogP contribution in [0.2, 0.25) is 0 Å². The van der Waals surface area contributed by atoms with E-state index < -0.39 is 0 Å². The highest BCUT2D eigenvalue weighted by Gasteiger charge is 2.32. The van der Waals surface area contributed by atoms with Gasteiger partial charge in [0.2, 0.25) is 0 Å². The lowest BCUT2D eigenvalue weighted by molar-refractivity contribution is 0.150. The number of rotatable bonds is 5. The van der Waals surface area contributed by atoms with Gasteiger partial charge in [-0.05, 0) is 19.8 Å². The van der Waals surface area contributed by atoms with E-state index in [2.05, 4.69) is 16.8 Å². The van der Waals surface area contributed by atoms with E-state index in [0.29, 0.717) is 12.1 Å². The number of hydrogen-bond acceptors (Lipinski definition) is 4. The van der Waals surface area contributed by atoms with Crippen LogP contribution in [0.5, 0.6) is 0 Å². The summed E-state index contributed by atoms with van der Waals surface area (Å²) in [6.07, 6.45) is 4.39. The minimum absolute atomic E-state index is 0.242. The van der Waals surface area contributed by atoms with E-state index in [9.17, 15) is 0 Å². The van der Waals surface area contributed by atoms with Crippen LogP contribution in [0.1, 0.15) is 30.8 Å². The van der Waals surface area contributed by atoms with Crippen LogP contribution in [0.15, 0.2) is 11.6 Å². The average Bonchev–Trinajstić information content (AvgIpc) is 2.88. The van der Waals surface area contributed by atoms with Crippen LogP contribution < -0.4 is 0 Å². The van der Waals surface area contributed by atoms with Gasteiger partial charge in [-0.3, -0.25) is 4.90 Å². The molecule has 1 N–H and O–H groups in total. The van der Waals surface area contributed by atoms with Gasteiger partial charge in [-0.25, -0.2) is 4.98 Å². The summed E-state index contributed by atoms with van der Waals surface area (Å²) < 4.78 is 0. The van der Waals surface area contributed by atoms with E-state index >= 15 is 0 Å². The Morgan fingerprint density at radius 1 is 1.71 bits per heavy atom. The van der Waals surface area contributed by atoms with Gasteiger partial charge in [0.15, 0.2) is 0 Å². The van der Waals surface area contributed by atoms with E-state index in [-0.39, 0.29) is 6.61 Å². The first-order valence-corrected chi connectivity index (χ1v) is 5.97. The maximum Gasteiger partial charge on any atom is 0.109 e. The molecule has 1 aromatic heterocycles. The molecule has 0 unspecified atom stereocenters. The van der Waals surface area contributed by atoms with Crippen molar-refractivity contribution in [2.45, 2.75) is 31.8 Å². The Bertz CT molecular complexity index is 272. The van der Waals surface area contributed by atoms with Crippen molar-refractivity contribution in [1.82, 2.24) is 9.88 Å². The van der Waals surface area contributed by atoms with Gasteiger partial charge in [0.25, 0.3) is 0 Å². The fourth-order valence-electron chi connectivity index (χ4n) is 1.80. The lowest BCUT2D eigenvalue weighted by Gasteiger charge is -2.26. The summed E-state index contributed by atoms with van der Waals surface area (Å²) in [5.74, 6) is 0. The number of aromatic nitrogens is 1. The Kier molecular flexibility index (Phi) is 3.15. The Labute approximate surface area is 88.4 Å². The first-order chi connectivity index (χ1) is 6.83. The number of aliphatic hydroxyl groups is 1. The molecular formula is C10H16N2OS. The summed E-state index contributed by atoms with van der Waals surface area (Å²) >= 11 is 1.70. The van der Waals surface area contributed by atoms with Gasteiger partial charge in [0, 0.05) is 24.2 Å². The third-order valence-corrected chi connectivity index (χ3v) is 3.63. The minimum Gasteiger partial charge on any atom is -0.395 e. The molecule has 3 nitrogen and oxygen atoms in total. The summed E-state index contributed by atoms with van der Waals surface area (Å²) in [6, 6.07) is 1.04. The quantitative estimate of drug-likeness (QED) is 0.806. The molecule has 0 bridgehead atoms. The molecule has 0 spiro atoms. The summed E-state index contributed by atoms with van der Waals surface area (Å²) in [5, 5.41) is 12.2. The van der Waals surface area contributed by atoms with E-state index in [1.807, 2.05) is 11.6 Å². The molecule has 1 fully saturated rings. The second-order valence-electron chi connectivity index (χ2n) is 3.74. The summed E-state index contributed by atoms with van der Waals surface area (Å²) in [6.45, 7) is 3.18. The number of nitrogens with zero attached hydrogens (tertiary/aromatic N) is 2. The molecule has 1 aliphatic carbocycles. The van der Waals surface area contributed by atoms with Crippen molar-refractivity contribution in [3.63, 3.8) is 0 Å². The molecule has 14 heavy (non-hydrogen) atoms. The maximum absolute atomic E-state index is 9.00. The average molecular weight is 212 g/mol. The monoisotopic (exact) mass is 212 g/mol. The predicted octanol–water partition coefficient (Wildman–Crippen LogP) is 1.66. The SMILES string of the molecule is C[C@H](c1nccs1)N(CCO)C1CC1. The van der Waals surface area contributed by atoms with E-state index in [1.54, 1.807) is 11.3 Å². The zero-order valence-corrected chi connectivity index (χ0v) is 9.20. The molecule has 1 heterocycles. The Morgan fingerprint density at radius 3 is 3.00 bits per heavy atom. The van der Waals surface area contributed by atoms with Crippen LogP contribution in [0.4, 0.5) is 0 Å².